The first-order valence-electron chi connectivity index (χ1n) is 6.09. The summed E-state index contributed by atoms with van der Waals surface area (Å²) in [7, 11) is -7.03. The Hall–Kier alpha value is -1.12. The van der Waals surface area contributed by atoms with Gasteiger partial charge >= 0.3 is 0 Å². The van der Waals surface area contributed by atoms with Crippen molar-refractivity contribution in [3.05, 3.63) is 18.2 Å². The predicted molar refractivity (Wildman–Crippen MR) is 74.6 cm³/mol. The van der Waals surface area contributed by atoms with Gasteiger partial charge in [-0.05, 0) is 31.2 Å². The summed E-state index contributed by atoms with van der Waals surface area (Å²) in [6, 6.07) is 3.93. The molecule has 1 atom stereocenters. The zero-order valence-corrected chi connectivity index (χ0v) is 12.9. The molecule has 0 aromatic heterocycles. The van der Waals surface area contributed by atoms with Crippen LogP contribution in [0.4, 0.5) is 0 Å². The van der Waals surface area contributed by atoms with Gasteiger partial charge in [-0.25, -0.2) is 16.8 Å². The Morgan fingerprint density at radius 2 is 1.85 bits per heavy atom. The Morgan fingerprint density at radius 3 is 2.35 bits per heavy atom. The minimum atomic E-state index is -3.57. The number of benzene rings is 1. The van der Waals surface area contributed by atoms with E-state index in [-0.39, 0.29) is 21.6 Å². The highest BCUT2D eigenvalue weighted by atomic mass is 32.2. The minimum absolute atomic E-state index is 0.0326. The molecule has 1 aromatic rings. The highest BCUT2D eigenvalue weighted by Gasteiger charge is 2.22. The molecule has 0 amide bonds. The Kier molecular flexibility index (Phi) is 4.08. The lowest BCUT2D eigenvalue weighted by Crippen LogP contribution is -2.20. The first-order valence-corrected chi connectivity index (χ1v) is 9.88. The summed E-state index contributed by atoms with van der Waals surface area (Å²) in [5.74, 6) is 0.202. The molecule has 1 aromatic carbocycles. The molecule has 1 heterocycles. The average molecular weight is 319 g/mol. The van der Waals surface area contributed by atoms with E-state index in [2.05, 4.69) is 5.32 Å². The first kappa shape index (κ1) is 15.3. The van der Waals surface area contributed by atoms with Gasteiger partial charge in [0.05, 0.1) is 4.90 Å². The normalized spacial score (nSPS) is 20.0. The summed E-state index contributed by atoms with van der Waals surface area (Å²) < 4.78 is 52.3. The van der Waals surface area contributed by atoms with Crippen LogP contribution in [-0.2, 0) is 19.7 Å². The SMILES string of the molecule is CS(=O)(=O)c1ccc(OC2CCNC2)c(S(C)(=O)=O)c1. The molecule has 1 unspecified atom stereocenters. The van der Waals surface area contributed by atoms with Crippen molar-refractivity contribution in [3.63, 3.8) is 0 Å². The van der Waals surface area contributed by atoms with Crippen LogP contribution >= 0.6 is 0 Å². The third kappa shape index (κ3) is 3.50. The van der Waals surface area contributed by atoms with E-state index in [4.69, 9.17) is 4.74 Å². The van der Waals surface area contributed by atoms with Gasteiger partial charge in [0.15, 0.2) is 19.7 Å². The van der Waals surface area contributed by atoms with Crippen LogP contribution in [0, 0.1) is 0 Å². The zero-order chi connectivity index (χ0) is 15.0. The van der Waals surface area contributed by atoms with E-state index < -0.39 is 19.7 Å². The monoisotopic (exact) mass is 319 g/mol. The van der Waals surface area contributed by atoms with Crippen LogP contribution in [0.1, 0.15) is 6.42 Å². The van der Waals surface area contributed by atoms with Crippen molar-refractivity contribution >= 4 is 19.7 Å². The standard InChI is InChI=1S/C12H17NO5S2/c1-19(14,15)10-3-4-11(12(7-10)20(2,16)17)18-9-5-6-13-8-9/h3-4,7,9,13H,5-6,8H2,1-2H3. The van der Waals surface area contributed by atoms with Crippen molar-refractivity contribution in [2.24, 2.45) is 0 Å². The molecule has 8 heteroatoms. The molecule has 2 rings (SSSR count). The highest BCUT2D eigenvalue weighted by Crippen LogP contribution is 2.28. The van der Waals surface area contributed by atoms with E-state index in [0.717, 1.165) is 31.5 Å². The van der Waals surface area contributed by atoms with E-state index in [1.165, 1.54) is 12.1 Å². The quantitative estimate of drug-likeness (QED) is 0.855. The van der Waals surface area contributed by atoms with E-state index in [0.29, 0.717) is 6.54 Å². The van der Waals surface area contributed by atoms with Crippen LogP contribution in [0.25, 0.3) is 0 Å². The van der Waals surface area contributed by atoms with Crippen molar-refractivity contribution in [1.29, 1.82) is 0 Å². The molecular formula is C12H17NO5S2. The third-order valence-electron chi connectivity index (χ3n) is 3.05. The Bertz CT molecular complexity index is 703. The van der Waals surface area contributed by atoms with E-state index >= 15 is 0 Å². The van der Waals surface area contributed by atoms with Gasteiger partial charge in [-0.3, -0.25) is 0 Å². The number of rotatable bonds is 4. The Balaban J connectivity index is 2.46. The summed E-state index contributed by atoms with van der Waals surface area (Å²) in [6.45, 7) is 1.47. The molecule has 0 bridgehead atoms. The van der Waals surface area contributed by atoms with Gasteiger partial charge in [-0.1, -0.05) is 0 Å². The number of hydrogen-bond donors (Lipinski definition) is 1. The molecule has 6 nitrogen and oxygen atoms in total. The number of ether oxygens (including phenoxy) is 1. The summed E-state index contributed by atoms with van der Waals surface area (Å²) in [4.78, 5) is -0.123. The zero-order valence-electron chi connectivity index (χ0n) is 11.3. The molecule has 1 N–H and O–H groups in total. The molecule has 1 saturated heterocycles. The Labute approximate surface area is 119 Å². The van der Waals surface area contributed by atoms with Crippen LogP contribution in [0.2, 0.25) is 0 Å². The van der Waals surface area contributed by atoms with Gasteiger partial charge in [-0.2, -0.15) is 0 Å². The van der Waals surface area contributed by atoms with Gasteiger partial charge in [-0.15, -0.1) is 0 Å². The summed E-state index contributed by atoms with van der Waals surface area (Å²) >= 11 is 0. The van der Waals surface area contributed by atoms with Gasteiger partial charge in [0, 0.05) is 19.1 Å². The fraction of sp³-hybridized carbons (Fsp3) is 0.500. The molecule has 20 heavy (non-hydrogen) atoms. The molecule has 0 radical (unpaired) electrons. The van der Waals surface area contributed by atoms with Crippen LogP contribution in [-0.4, -0.2) is 48.5 Å². The molecule has 0 saturated carbocycles. The highest BCUT2D eigenvalue weighted by molar-refractivity contribution is 7.91. The fourth-order valence-corrected chi connectivity index (χ4v) is 3.56. The lowest BCUT2D eigenvalue weighted by molar-refractivity contribution is 0.217. The maximum Gasteiger partial charge on any atom is 0.179 e. The van der Waals surface area contributed by atoms with Gasteiger partial charge in [0.1, 0.15) is 16.7 Å². The van der Waals surface area contributed by atoms with E-state index in [1.54, 1.807) is 0 Å². The molecule has 0 aliphatic carbocycles. The largest absolute Gasteiger partial charge is 0.488 e. The number of hydrogen-bond acceptors (Lipinski definition) is 6. The average Bonchev–Trinajstić information content (AvgIpc) is 2.79. The fourth-order valence-electron chi connectivity index (χ4n) is 2.01. The lowest BCUT2D eigenvalue weighted by Gasteiger charge is -2.16. The van der Waals surface area contributed by atoms with Crippen molar-refractivity contribution in [2.45, 2.75) is 22.3 Å². The van der Waals surface area contributed by atoms with Gasteiger partial charge in [0.2, 0.25) is 0 Å². The Morgan fingerprint density at radius 1 is 1.15 bits per heavy atom. The molecule has 1 aliphatic rings. The minimum Gasteiger partial charge on any atom is -0.488 e. The summed E-state index contributed by atoms with van der Waals surface area (Å²) in [5, 5.41) is 3.12. The third-order valence-corrected chi connectivity index (χ3v) is 5.28. The topological polar surface area (TPSA) is 89.5 Å². The van der Waals surface area contributed by atoms with Crippen molar-refractivity contribution < 1.29 is 21.6 Å². The summed E-state index contributed by atoms with van der Waals surface area (Å²) in [6.07, 6.45) is 2.76. The maximum atomic E-state index is 11.8. The van der Waals surface area contributed by atoms with Crippen molar-refractivity contribution in [1.82, 2.24) is 5.32 Å². The molecular weight excluding hydrogens is 302 g/mol. The van der Waals surface area contributed by atoms with Gasteiger partial charge in [0.25, 0.3) is 0 Å². The van der Waals surface area contributed by atoms with Crippen LogP contribution < -0.4 is 10.1 Å². The van der Waals surface area contributed by atoms with Crippen LogP contribution in [0.15, 0.2) is 28.0 Å². The number of nitrogens with one attached hydrogen (secondary N) is 1. The van der Waals surface area contributed by atoms with Crippen LogP contribution in [0.3, 0.4) is 0 Å². The molecule has 112 valence electrons. The summed E-state index contributed by atoms with van der Waals surface area (Å²) in [5.41, 5.74) is 0. The molecule has 1 fully saturated rings. The predicted octanol–water partition coefficient (Wildman–Crippen LogP) is 0.234. The second kappa shape index (κ2) is 5.34. The lowest BCUT2D eigenvalue weighted by atomic mass is 10.3. The first-order chi connectivity index (χ1) is 9.18. The number of sulfone groups is 2. The van der Waals surface area contributed by atoms with E-state index in [1.807, 2.05) is 0 Å². The second-order valence-electron chi connectivity index (χ2n) is 4.89. The van der Waals surface area contributed by atoms with E-state index in [9.17, 15) is 16.8 Å². The van der Waals surface area contributed by atoms with Gasteiger partial charge < -0.3 is 10.1 Å². The molecule has 0 spiro atoms. The second-order valence-corrected chi connectivity index (χ2v) is 8.89. The van der Waals surface area contributed by atoms with Crippen LogP contribution in [0.5, 0.6) is 5.75 Å². The van der Waals surface area contributed by atoms with Crippen molar-refractivity contribution in [2.75, 3.05) is 25.6 Å². The van der Waals surface area contributed by atoms with Crippen molar-refractivity contribution in [3.8, 4) is 5.75 Å². The maximum absolute atomic E-state index is 11.8. The smallest absolute Gasteiger partial charge is 0.179 e. The molecule has 1 aliphatic heterocycles.